The van der Waals surface area contributed by atoms with E-state index in [0.717, 1.165) is 38.3 Å². The molecule has 0 aliphatic carbocycles. The molecule has 3 rings (SSSR count). The van der Waals surface area contributed by atoms with Crippen LogP contribution < -0.4 is 14.8 Å². The molecular formula is C13H15ClN2O3. The lowest BCUT2D eigenvalue weighted by Gasteiger charge is -2.27. The number of halogens is 1. The van der Waals surface area contributed by atoms with Crippen molar-refractivity contribution < 1.29 is 14.3 Å². The van der Waals surface area contributed by atoms with E-state index in [-0.39, 0.29) is 6.79 Å². The highest BCUT2D eigenvalue weighted by molar-refractivity contribution is 6.33. The first kappa shape index (κ1) is 12.7. The van der Waals surface area contributed by atoms with Gasteiger partial charge >= 0.3 is 0 Å². The summed E-state index contributed by atoms with van der Waals surface area (Å²) in [6, 6.07) is 1.81. The predicted molar refractivity (Wildman–Crippen MR) is 71.1 cm³/mol. The van der Waals surface area contributed by atoms with Gasteiger partial charge in [0.25, 0.3) is 0 Å². The largest absolute Gasteiger partial charge is 0.453 e. The summed E-state index contributed by atoms with van der Waals surface area (Å²) in [5.74, 6) is 1.14. The zero-order valence-electron chi connectivity index (χ0n) is 10.4. The molecule has 0 aromatic heterocycles. The smallest absolute Gasteiger partial charge is 0.231 e. The molecule has 1 aromatic rings. The van der Waals surface area contributed by atoms with Gasteiger partial charge in [0.2, 0.25) is 6.79 Å². The summed E-state index contributed by atoms with van der Waals surface area (Å²) < 4.78 is 10.8. The van der Waals surface area contributed by atoms with E-state index in [4.69, 9.17) is 21.1 Å². The summed E-state index contributed by atoms with van der Waals surface area (Å²) in [7, 11) is 0. The van der Waals surface area contributed by atoms with Crippen molar-refractivity contribution in [1.82, 2.24) is 10.2 Å². The maximum atomic E-state index is 11.0. The Morgan fingerprint density at radius 3 is 2.79 bits per heavy atom. The van der Waals surface area contributed by atoms with E-state index < -0.39 is 0 Å². The third-order valence-corrected chi connectivity index (χ3v) is 3.74. The number of carbonyl (C=O) groups is 1. The van der Waals surface area contributed by atoms with Crippen LogP contribution >= 0.6 is 11.6 Å². The van der Waals surface area contributed by atoms with Gasteiger partial charge in [0.15, 0.2) is 17.8 Å². The Morgan fingerprint density at radius 2 is 2.05 bits per heavy atom. The molecule has 1 saturated heterocycles. The van der Waals surface area contributed by atoms with Gasteiger partial charge in [-0.05, 0) is 6.07 Å². The molecule has 0 bridgehead atoms. The molecule has 0 saturated carbocycles. The molecule has 1 aromatic carbocycles. The highest BCUT2D eigenvalue weighted by Crippen LogP contribution is 2.42. The van der Waals surface area contributed by atoms with E-state index in [1.165, 1.54) is 0 Å². The predicted octanol–water partition coefficient (Wildman–Crippen LogP) is 1.29. The summed E-state index contributed by atoms with van der Waals surface area (Å²) >= 11 is 6.13. The Kier molecular flexibility index (Phi) is 3.59. The molecule has 0 radical (unpaired) electrons. The molecule has 1 fully saturated rings. The summed E-state index contributed by atoms with van der Waals surface area (Å²) in [4.78, 5) is 13.4. The molecule has 19 heavy (non-hydrogen) atoms. The van der Waals surface area contributed by atoms with E-state index >= 15 is 0 Å². The van der Waals surface area contributed by atoms with E-state index in [0.29, 0.717) is 28.4 Å². The fraction of sp³-hybridized carbons (Fsp3) is 0.462. The van der Waals surface area contributed by atoms with Crippen molar-refractivity contribution in [3.63, 3.8) is 0 Å². The number of nitrogens with one attached hydrogen (secondary N) is 1. The molecular weight excluding hydrogens is 268 g/mol. The van der Waals surface area contributed by atoms with Gasteiger partial charge in [0.1, 0.15) is 0 Å². The lowest BCUT2D eigenvalue weighted by atomic mass is 10.1. The van der Waals surface area contributed by atoms with Crippen LogP contribution in [0.25, 0.3) is 0 Å². The van der Waals surface area contributed by atoms with Crippen molar-refractivity contribution in [2.45, 2.75) is 6.54 Å². The standard InChI is InChI=1S/C13H15ClN2O3/c14-11-5-9(6-16-3-1-15-2-4-16)12-13(10(11)7-17)19-8-18-12/h5,7,15H,1-4,6,8H2. The second-order valence-electron chi connectivity index (χ2n) is 4.64. The second-order valence-corrected chi connectivity index (χ2v) is 5.05. The fourth-order valence-electron chi connectivity index (χ4n) is 2.46. The maximum Gasteiger partial charge on any atom is 0.231 e. The second kappa shape index (κ2) is 5.36. The van der Waals surface area contributed by atoms with Crippen LogP contribution in [0.5, 0.6) is 11.5 Å². The summed E-state index contributed by atoms with van der Waals surface area (Å²) in [5, 5.41) is 3.73. The third kappa shape index (κ3) is 2.41. The number of rotatable bonds is 3. The molecule has 2 heterocycles. The van der Waals surface area contributed by atoms with Gasteiger partial charge in [-0.3, -0.25) is 9.69 Å². The van der Waals surface area contributed by atoms with Crippen LogP contribution in [0.3, 0.4) is 0 Å². The molecule has 102 valence electrons. The van der Waals surface area contributed by atoms with Gasteiger partial charge < -0.3 is 14.8 Å². The highest BCUT2D eigenvalue weighted by Gasteiger charge is 2.25. The number of hydrogen-bond donors (Lipinski definition) is 1. The molecule has 2 aliphatic heterocycles. The van der Waals surface area contributed by atoms with Crippen molar-refractivity contribution in [3.8, 4) is 11.5 Å². The molecule has 1 N–H and O–H groups in total. The van der Waals surface area contributed by atoms with Crippen molar-refractivity contribution in [3.05, 3.63) is 22.2 Å². The average molecular weight is 283 g/mol. The highest BCUT2D eigenvalue weighted by atomic mass is 35.5. The molecule has 0 unspecified atom stereocenters. The Morgan fingerprint density at radius 1 is 1.32 bits per heavy atom. The number of aldehydes is 1. The van der Waals surface area contributed by atoms with Crippen LogP contribution in [0.2, 0.25) is 5.02 Å². The molecule has 0 spiro atoms. The number of piperazine rings is 1. The van der Waals surface area contributed by atoms with Crippen LogP contribution in [0, 0.1) is 0 Å². The van der Waals surface area contributed by atoms with Crippen molar-refractivity contribution >= 4 is 17.9 Å². The minimum absolute atomic E-state index is 0.144. The zero-order chi connectivity index (χ0) is 13.2. The Hall–Kier alpha value is -1.30. The van der Waals surface area contributed by atoms with Crippen LogP contribution in [-0.4, -0.2) is 44.2 Å². The quantitative estimate of drug-likeness (QED) is 0.847. The Labute approximate surface area is 116 Å². The van der Waals surface area contributed by atoms with Crippen molar-refractivity contribution in [1.29, 1.82) is 0 Å². The number of hydrogen-bond acceptors (Lipinski definition) is 5. The van der Waals surface area contributed by atoms with Crippen LogP contribution in [0.4, 0.5) is 0 Å². The minimum atomic E-state index is 0.144. The molecule has 2 aliphatic rings. The Balaban J connectivity index is 1.91. The van der Waals surface area contributed by atoms with Gasteiger partial charge in [-0.15, -0.1) is 0 Å². The van der Waals surface area contributed by atoms with Gasteiger partial charge in [-0.1, -0.05) is 11.6 Å². The summed E-state index contributed by atoms with van der Waals surface area (Å²) in [6.45, 7) is 4.85. The molecule has 0 atom stereocenters. The van der Waals surface area contributed by atoms with E-state index in [9.17, 15) is 4.79 Å². The number of ether oxygens (including phenoxy) is 2. The number of fused-ring (bicyclic) bond motifs is 1. The summed E-state index contributed by atoms with van der Waals surface area (Å²) in [6.07, 6.45) is 0.713. The fourth-order valence-corrected chi connectivity index (χ4v) is 2.72. The van der Waals surface area contributed by atoms with Crippen molar-refractivity contribution in [2.75, 3.05) is 33.0 Å². The minimum Gasteiger partial charge on any atom is -0.453 e. The van der Waals surface area contributed by atoms with Gasteiger partial charge in [-0.25, -0.2) is 0 Å². The van der Waals surface area contributed by atoms with Crippen LogP contribution in [-0.2, 0) is 6.54 Å². The third-order valence-electron chi connectivity index (χ3n) is 3.43. The average Bonchev–Trinajstić information content (AvgIpc) is 2.89. The molecule has 6 heteroatoms. The van der Waals surface area contributed by atoms with Crippen LogP contribution in [0.1, 0.15) is 15.9 Å². The first-order chi connectivity index (χ1) is 9.29. The normalized spacial score (nSPS) is 18.6. The van der Waals surface area contributed by atoms with E-state index in [2.05, 4.69) is 10.2 Å². The topological polar surface area (TPSA) is 50.8 Å². The van der Waals surface area contributed by atoms with Crippen molar-refractivity contribution in [2.24, 2.45) is 0 Å². The van der Waals surface area contributed by atoms with Gasteiger partial charge in [-0.2, -0.15) is 0 Å². The molecule has 0 amide bonds. The first-order valence-corrected chi connectivity index (χ1v) is 6.66. The SMILES string of the molecule is O=Cc1c(Cl)cc(CN2CCNCC2)c2c1OCO2. The van der Waals surface area contributed by atoms with Crippen LogP contribution in [0.15, 0.2) is 6.07 Å². The molecule has 5 nitrogen and oxygen atoms in total. The van der Waals surface area contributed by atoms with Gasteiger partial charge in [0, 0.05) is 38.3 Å². The zero-order valence-corrected chi connectivity index (χ0v) is 11.2. The lowest BCUT2D eigenvalue weighted by Crippen LogP contribution is -2.42. The number of nitrogens with zero attached hydrogens (tertiary/aromatic N) is 1. The maximum absolute atomic E-state index is 11.0. The number of carbonyl (C=O) groups excluding carboxylic acids is 1. The lowest BCUT2D eigenvalue weighted by molar-refractivity contribution is 0.111. The Bertz CT molecular complexity index is 501. The summed E-state index contributed by atoms with van der Waals surface area (Å²) in [5.41, 5.74) is 1.35. The van der Waals surface area contributed by atoms with E-state index in [1.807, 2.05) is 0 Å². The van der Waals surface area contributed by atoms with Gasteiger partial charge in [0.05, 0.1) is 10.6 Å². The van der Waals surface area contributed by atoms with E-state index in [1.54, 1.807) is 6.07 Å². The monoisotopic (exact) mass is 282 g/mol. The first-order valence-electron chi connectivity index (χ1n) is 6.29. The number of benzene rings is 1.